The number of thioether (sulfide) groups is 1. The fourth-order valence-corrected chi connectivity index (χ4v) is 3.26. The monoisotopic (exact) mass is 279 g/mol. The average Bonchev–Trinajstić information content (AvgIpc) is 2.47. The lowest BCUT2D eigenvalue weighted by molar-refractivity contribution is -0.144. The summed E-state index contributed by atoms with van der Waals surface area (Å²) in [7, 11) is 0. The minimum Gasteiger partial charge on any atom is -0.482 e. The zero-order valence-electron chi connectivity index (χ0n) is 10.9. The highest BCUT2D eigenvalue weighted by Gasteiger charge is 2.37. The van der Waals surface area contributed by atoms with E-state index in [1.165, 1.54) is 0 Å². The maximum absolute atomic E-state index is 12.5. The van der Waals surface area contributed by atoms with Gasteiger partial charge in [0.15, 0.2) is 11.5 Å². The zero-order chi connectivity index (χ0) is 13.2. The first kappa shape index (κ1) is 12.7. The second-order valence-corrected chi connectivity index (χ2v) is 5.97. The molecule has 0 aliphatic carbocycles. The van der Waals surface area contributed by atoms with Crippen LogP contribution < -0.4 is 9.47 Å². The highest BCUT2D eigenvalue weighted by Crippen LogP contribution is 2.34. The van der Waals surface area contributed by atoms with Crippen molar-refractivity contribution in [3.05, 3.63) is 24.3 Å². The van der Waals surface area contributed by atoms with E-state index in [0.29, 0.717) is 11.5 Å². The molecule has 1 saturated heterocycles. The number of carbonyl (C=O) groups is 1. The Kier molecular flexibility index (Phi) is 3.55. The first-order valence-electron chi connectivity index (χ1n) is 6.54. The molecule has 102 valence electrons. The van der Waals surface area contributed by atoms with Crippen LogP contribution in [0.2, 0.25) is 0 Å². The van der Waals surface area contributed by atoms with Crippen LogP contribution in [0.15, 0.2) is 24.3 Å². The lowest BCUT2D eigenvalue weighted by Gasteiger charge is -2.35. The molecule has 2 unspecified atom stereocenters. The summed E-state index contributed by atoms with van der Waals surface area (Å²) in [6, 6.07) is 7.49. The molecular formula is C14H17NO3S. The number of hydrogen-bond donors (Lipinski definition) is 0. The van der Waals surface area contributed by atoms with Crippen molar-refractivity contribution in [2.75, 3.05) is 24.6 Å². The molecule has 0 bridgehead atoms. The molecule has 0 aromatic heterocycles. The van der Waals surface area contributed by atoms with Gasteiger partial charge in [-0.05, 0) is 19.1 Å². The number of ether oxygens (including phenoxy) is 2. The third kappa shape index (κ3) is 2.52. The third-order valence-corrected chi connectivity index (χ3v) is 4.35. The lowest BCUT2D eigenvalue weighted by Crippen LogP contribution is -2.52. The first-order valence-corrected chi connectivity index (χ1v) is 7.70. The summed E-state index contributed by atoms with van der Waals surface area (Å²) in [6.07, 6.45) is -0.782. The number of para-hydroxylation sites is 2. The number of carbonyl (C=O) groups excluding carboxylic acids is 1. The molecule has 19 heavy (non-hydrogen) atoms. The molecule has 2 atom stereocenters. The molecule has 1 fully saturated rings. The minimum atomic E-state index is -0.530. The average molecular weight is 279 g/mol. The molecular weight excluding hydrogens is 262 g/mol. The van der Waals surface area contributed by atoms with E-state index in [4.69, 9.17) is 9.47 Å². The highest BCUT2D eigenvalue weighted by molar-refractivity contribution is 7.99. The fraction of sp³-hybridized carbons (Fsp3) is 0.500. The summed E-state index contributed by atoms with van der Waals surface area (Å²) in [5, 5.41) is 0. The van der Waals surface area contributed by atoms with Crippen molar-refractivity contribution in [1.29, 1.82) is 0 Å². The molecule has 0 radical (unpaired) electrons. The number of hydrogen-bond acceptors (Lipinski definition) is 4. The second kappa shape index (κ2) is 5.33. The van der Waals surface area contributed by atoms with Gasteiger partial charge in [0.2, 0.25) is 6.10 Å². The number of nitrogens with zero attached hydrogens (tertiary/aromatic N) is 1. The SMILES string of the molecule is CC1Oc2ccccc2OC1C(=O)N1CCSCC1. The summed E-state index contributed by atoms with van der Waals surface area (Å²) in [6.45, 7) is 3.49. The normalized spacial score (nSPS) is 26.1. The van der Waals surface area contributed by atoms with E-state index in [9.17, 15) is 4.79 Å². The Morgan fingerprint density at radius 1 is 1.21 bits per heavy atom. The Labute approximate surface area is 117 Å². The molecule has 3 rings (SSSR count). The van der Waals surface area contributed by atoms with Crippen molar-refractivity contribution in [2.24, 2.45) is 0 Å². The fourth-order valence-electron chi connectivity index (χ4n) is 2.35. The Balaban J connectivity index is 1.76. The molecule has 0 spiro atoms. The highest BCUT2D eigenvalue weighted by atomic mass is 32.2. The van der Waals surface area contributed by atoms with Gasteiger partial charge in [0, 0.05) is 24.6 Å². The molecule has 1 amide bonds. The molecule has 0 N–H and O–H groups in total. The van der Waals surface area contributed by atoms with Crippen molar-refractivity contribution in [3.8, 4) is 11.5 Å². The van der Waals surface area contributed by atoms with Crippen LogP contribution >= 0.6 is 11.8 Å². The summed E-state index contributed by atoms with van der Waals surface area (Å²) in [4.78, 5) is 14.4. The Morgan fingerprint density at radius 3 is 2.53 bits per heavy atom. The lowest BCUT2D eigenvalue weighted by atomic mass is 10.1. The first-order chi connectivity index (χ1) is 9.25. The van der Waals surface area contributed by atoms with Crippen LogP contribution in [0.25, 0.3) is 0 Å². The van der Waals surface area contributed by atoms with Crippen molar-refractivity contribution in [1.82, 2.24) is 4.90 Å². The van der Waals surface area contributed by atoms with E-state index in [1.54, 1.807) is 0 Å². The van der Waals surface area contributed by atoms with Gasteiger partial charge in [-0.15, -0.1) is 0 Å². The Bertz CT molecular complexity index is 474. The van der Waals surface area contributed by atoms with Crippen LogP contribution in [0.4, 0.5) is 0 Å². The van der Waals surface area contributed by atoms with Gasteiger partial charge in [-0.1, -0.05) is 12.1 Å². The van der Waals surface area contributed by atoms with Crippen molar-refractivity contribution in [2.45, 2.75) is 19.1 Å². The van der Waals surface area contributed by atoms with Gasteiger partial charge < -0.3 is 14.4 Å². The largest absolute Gasteiger partial charge is 0.482 e. The molecule has 1 aromatic rings. The summed E-state index contributed by atoms with van der Waals surface area (Å²) in [5.41, 5.74) is 0. The summed E-state index contributed by atoms with van der Waals surface area (Å²) < 4.78 is 11.6. The smallest absolute Gasteiger partial charge is 0.267 e. The maximum Gasteiger partial charge on any atom is 0.267 e. The topological polar surface area (TPSA) is 38.8 Å². The van der Waals surface area contributed by atoms with Gasteiger partial charge in [-0.25, -0.2) is 0 Å². The van der Waals surface area contributed by atoms with Crippen molar-refractivity contribution < 1.29 is 14.3 Å². The number of fused-ring (bicyclic) bond motifs is 1. The summed E-state index contributed by atoms with van der Waals surface area (Å²) >= 11 is 1.89. The van der Waals surface area contributed by atoms with Gasteiger partial charge in [0.1, 0.15) is 6.10 Å². The number of benzene rings is 1. The molecule has 1 aromatic carbocycles. The van der Waals surface area contributed by atoms with Crippen LogP contribution in [0.3, 0.4) is 0 Å². The van der Waals surface area contributed by atoms with Crippen LogP contribution in [-0.2, 0) is 4.79 Å². The molecule has 4 nitrogen and oxygen atoms in total. The van der Waals surface area contributed by atoms with Gasteiger partial charge in [-0.2, -0.15) is 11.8 Å². The Morgan fingerprint density at radius 2 is 1.84 bits per heavy atom. The quantitative estimate of drug-likeness (QED) is 0.785. The Hall–Kier alpha value is -1.36. The van der Waals surface area contributed by atoms with E-state index in [2.05, 4.69) is 0 Å². The number of amides is 1. The van der Waals surface area contributed by atoms with Crippen molar-refractivity contribution in [3.63, 3.8) is 0 Å². The predicted molar refractivity (Wildman–Crippen MR) is 74.9 cm³/mol. The van der Waals surface area contributed by atoms with E-state index in [0.717, 1.165) is 24.6 Å². The van der Waals surface area contributed by atoms with Gasteiger partial charge in [-0.3, -0.25) is 4.79 Å². The third-order valence-electron chi connectivity index (χ3n) is 3.41. The van der Waals surface area contributed by atoms with Crippen LogP contribution in [-0.4, -0.2) is 47.6 Å². The van der Waals surface area contributed by atoms with Crippen LogP contribution in [0, 0.1) is 0 Å². The summed E-state index contributed by atoms with van der Waals surface area (Å²) in [5.74, 6) is 3.43. The van der Waals surface area contributed by atoms with E-state index < -0.39 is 6.10 Å². The number of rotatable bonds is 1. The van der Waals surface area contributed by atoms with Gasteiger partial charge in [0.05, 0.1) is 0 Å². The van der Waals surface area contributed by atoms with E-state index >= 15 is 0 Å². The second-order valence-electron chi connectivity index (χ2n) is 4.75. The molecule has 2 heterocycles. The molecule has 5 heteroatoms. The standard InChI is InChI=1S/C14H17NO3S/c1-10-13(14(16)15-6-8-19-9-7-15)18-12-5-3-2-4-11(12)17-10/h2-5,10,13H,6-9H2,1H3. The molecule has 2 aliphatic heterocycles. The minimum absolute atomic E-state index is 0.0438. The van der Waals surface area contributed by atoms with Crippen LogP contribution in [0.1, 0.15) is 6.92 Å². The van der Waals surface area contributed by atoms with E-state index in [-0.39, 0.29) is 12.0 Å². The van der Waals surface area contributed by atoms with Crippen LogP contribution in [0.5, 0.6) is 11.5 Å². The van der Waals surface area contributed by atoms with Crippen molar-refractivity contribution >= 4 is 17.7 Å². The van der Waals surface area contributed by atoms with Gasteiger partial charge >= 0.3 is 0 Å². The zero-order valence-corrected chi connectivity index (χ0v) is 11.7. The molecule has 0 saturated carbocycles. The maximum atomic E-state index is 12.5. The predicted octanol–water partition coefficient (Wildman–Crippen LogP) is 1.79. The molecule has 2 aliphatic rings. The van der Waals surface area contributed by atoms with E-state index in [1.807, 2.05) is 47.9 Å². The van der Waals surface area contributed by atoms with Gasteiger partial charge in [0.25, 0.3) is 5.91 Å².